The number of rotatable bonds is 5. The summed E-state index contributed by atoms with van der Waals surface area (Å²) in [5, 5.41) is 11.9. The number of aromatic hydroxyl groups is 1. The third kappa shape index (κ3) is 3.83. The van der Waals surface area contributed by atoms with Crippen LogP contribution in [0.3, 0.4) is 0 Å². The zero-order valence-corrected chi connectivity index (χ0v) is 10.0. The van der Waals surface area contributed by atoms with Gasteiger partial charge in [0, 0.05) is 5.69 Å². The Balaban J connectivity index is 2.70. The number of nitrogens with one attached hydrogen (secondary N) is 1. The van der Waals surface area contributed by atoms with Gasteiger partial charge in [-0.1, -0.05) is 31.4 Å². The minimum absolute atomic E-state index is 0.00803. The summed E-state index contributed by atoms with van der Waals surface area (Å²) < 4.78 is 0. The van der Waals surface area contributed by atoms with Crippen LogP contribution in [0.1, 0.15) is 6.42 Å². The number of carbonyl (C=O) groups is 1. The number of nitrogens with two attached hydrogens (primary N) is 1. The lowest BCUT2D eigenvalue weighted by atomic mass is 10.1. The minimum Gasteiger partial charge on any atom is -0.506 e. The number of phenols is 1. The van der Waals surface area contributed by atoms with E-state index in [2.05, 4.69) is 18.5 Å². The summed E-state index contributed by atoms with van der Waals surface area (Å²) in [6.45, 7) is 7.18. The van der Waals surface area contributed by atoms with Crippen molar-refractivity contribution in [3.63, 3.8) is 0 Å². The zero-order chi connectivity index (χ0) is 13.5. The molecule has 0 unspecified atom stereocenters. The molecule has 0 atom stereocenters. The lowest BCUT2D eigenvalue weighted by molar-refractivity contribution is -0.115. The van der Waals surface area contributed by atoms with Crippen LogP contribution < -0.4 is 11.1 Å². The smallest absolute Gasteiger partial charge is 0.228 e. The molecule has 1 rings (SSSR count). The van der Waals surface area contributed by atoms with E-state index in [1.54, 1.807) is 24.3 Å². The molecule has 4 heteroatoms. The van der Waals surface area contributed by atoms with Crippen molar-refractivity contribution in [2.45, 2.75) is 6.42 Å². The van der Waals surface area contributed by atoms with Crippen molar-refractivity contribution >= 4 is 17.3 Å². The van der Waals surface area contributed by atoms with E-state index in [9.17, 15) is 9.90 Å². The van der Waals surface area contributed by atoms with Gasteiger partial charge in [0.15, 0.2) is 0 Å². The van der Waals surface area contributed by atoms with E-state index in [4.69, 9.17) is 5.73 Å². The third-order valence-corrected chi connectivity index (χ3v) is 2.27. The third-order valence-electron chi connectivity index (χ3n) is 2.27. The van der Waals surface area contributed by atoms with Gasteiger partial charge in [-0.05, 0) is 23.8 Å². The zero-order valence-electron chi connectivity index (χ0n) is 10.0. The Kier molecular flexibility index (Phi) is 4.75. The molecule has 4 N–H and O–H groups in total. The van der Waals surface area contributed by atoms with E-state index < -0.39 is 0 Å². The number of amides is 1. The number of benzene rings is 1. The summed E-state index contributed by atoms with van der Waals surface area (Å²) in [6, 6.07) is 4.51. The number of allylic oxidation sites excluding steroid dienone is 3. The average Bonchev–Trinajstić information content (AvgIpc) is 2.33. The predicted molar refractivity (Wildman–Crippen MR) is 74.2 cm³/mol. The van der Waals surface area contributed by atoms with Crippen molar-refractivity contribution in [1.82, 2.24) is 0 Å². The molecule has 4 nitrogen and oxygen atoms in total. The number of nitrogen functional groups attached to an aromatic ring is 1. The highest BCUT2D eigenvalue weighted by atomic mass is 16.3. The van der Waals surface area contributed by atoms with E-state index in [1.165, 1.54) is 12.1 Å². The number of hydrogen-bond donors (Lipinski definition) is 3. The molecule has 0 saturated heterocycles. The van der Waals surface area contributed by atoms with Gasteiger partial charge in [-0.2, -0.15) is 0 Å². The summed E-state index contributed by atoms with van der Waals surface area (Å²) in [4.78, 5) is 11.7. The van der Waals surface area contributed by atoms with E-state index in [-0.39, 0.29) is 23.8 Å². The Hall–Kier alpha value is -2.49. The lowest BCUT2D eigenvalue weighted by Gasteiger charge is -2.07. The Bertz CT molecular complexity index is 505. The van der Waals surface area contributed by atoms with Crippen LogP contribution in [0, 0.1) is 0 Å². The molecule has 0 aromatic heterocycles. The summed E-state index contributed by atoms with van der Waals surface area (Å²) >= 11 is 0. The highest BCUT2D eigenvalue weighted by Gasteiger charge is 2.05. The van der Waals surface area contributed by atoms with Crippen molar-refractivity contribution in [2.24, 2.45) is 0 Å². The van der Waals surface area contributed by atoms with Crippen LogP contribution in [0.4, 0.5) is 11.4 Å². The number of hydrogen-bond acceptors (Lipinski definition) is 3. The van der Waals surface area contributed by atoms with Crippen molar-refractivity contribution in [3.8, 4) is 5.75 Å². The largest absolute Gasteiger partial charge is 0.506 e. The summed E-state index contributed by atoms with van der Waals surface area (Å²) in [7, 11) is 0. The number of phenolic OH excluding ortho intramolecular Hbond substituents is 1. The summed E-state index contributed by atoms with van der Waals surface area (Å²) in [5.41, 5.74) is 7.06. The maximum absolute atomic E-state index is 11.7. The minimum atomic E-state index is -0.187. The van der Waals surface area contributed by atoms with E-state index in [0.717, 1.165) is 5.57 Å². The molecule has 0 heterocycles. The van der Waals surface area contributed by atoms with Crippen LogP contribution in [0.25, 0.3) is 0 Å². The highest BCUT2D eigenvalue weighted by molar-refractivity contribution is 5.93. The Labute approximate surface area is 106 Å². The van der Waals surface area contributed by atoms with Crippen LogP contribution >= 0.6 is 0 Å². The summed E-state index contributed by atoms with van der Waals surface area (Å²) in [5.74, 6) is -0.195. The number of carbonyl (C=O) groups excluding carboxylic acids is 1. The van der Waals surface area contributed by atoms with Crippen molar-refractivity contribution in [2.75, 3.05) is 11.1 Å². The van der Waals surface area contributed by atoms with Gasteiger partial charge >= 0.3 is 0 Å². The Morgan fingerprint density at radius 1 is 1.44 bits per heavy atom. The molecular weight excluding hydrogens is 228 g/mol. The molecule has 0 aliphatic heterocycles. The maximum atomic E-state index is 11.7. The normalized spacial score (nSPS) is 10.8. The fourth-order valence-electron chi connectivity index (χ4n) is 1.37. The van der Waals surface area contributed by atoms with Gasteiger partial charge in [0.1, 0.15) is 5.75 Å². The molecule has 1 amide bonds. The second kappa shape index (κ2) is 6.30. The van der Waals surface area contributed by atoms with Crippen molar-refractivity contribution in [1.29, 1.82) is 0 Å². The molecular formula is C14H16N2O2. The Morgan fingerprint density at radius 3 is 2.72 bits per heavy atom. The van der Waals surface area contributed by atoms with Crippen LogP contribution in [-0.2, 0) is 4.79 Å². The van der Waals surface area contributed by atoms with Crippen LogP contribution in [0.2, 0.25) is 0 Å². The van der Waals surface area contributed by atoms with Gasteiger partial charge in [0.2, 0.25) is 5.91 Å². The quantitative estimate of drug-likeness (QED) is 0.322. The van der Waals surface area contributed by atoms with Gasteiger partial charge in [-0.3, -0.25) is 4.79 Å². The maximum Gasteiger partial charge on any atom is 0.228 e. The predicted octanol–water partition coefficient (Wildman–Crippen LogP) is 2.60. The molecule has 0 bridgehead atoms. The van der Waals surface area contributed by atoms with Crippen molar-refractivity contribution < 1.29 is 9.90 Å². The number of anilines is 2. The highest BCUT2D eigenvalue weighted by Crippen LogP contribution is 2.23. The molecule has 0 aliphatic carbocycles. The van der Waals surface area contributed by atoms with Crippen molar-refractivity contribution in [3.05, 3.63) is 55.2 Å². The first-order valence-corrected chi connectivity index (χ1v) is 5.39. The Morgan fingerprint density at radius 2 is 2.17 bits per heavy atom. The van der Waals surface area contributed by atoms with Gasteiger partial charge in [0.25, 0.3) is 0 Å². The first-order chi connectivity index (χ1) is 8.56. The topological polar surface area (TPSA) is 75.3 Å². The molecule has 1 aromatic carbocycles. The lowest BCUT2D eigenvalue weighted by Crippen LogP contribution is -2.11. The van der Waals surface area contributed by atoms with Gasteiger partial charge in [-0.25, -0.2) is 0 Å². The second-order valence-electron chi connectivity index (χ2n) is 3.68. The van der Waals surface area contributed by atoms with E-state index >= 15 is 0 Å². The average molecular weight is 244 g/mol. The molecule has 0 aliphatic rings. The molecule has 0 fully saturated rings. The van der Waals surface area contributed by atoms with Crippen LogP contribution in [0.15, 0.2) is 55.2 Å². The molecule has 1 aromatic rings. The fourth-order valence-corrected chi connectivity index (χ4v) is 1.37. The van der Waals surface area contributed by atoms with Crippen LogP contribution in [-0.4, -0.2) is 11.0 Å². The first-order valence-electron chi connectivity index (χ1n) is 5.39. The van der Waals surface area contributed by atoms with Gasteiger partial charge in [-0.15, -0.1) is 0 Å². The SMILES string of the molecule is C=C/C=C(\C=C)CC(=O)Nc1ccc(O)c(N)c1. The standard InChI is InChI=1S/C14H16N2O2/c1-3-5-10(4-2)8-14(18)16-11-6-7-13(17)12(15)9-11/h3-7,9,17H,1-2,8,15H2,(H,16,18)/b10-5+. The first kappa shape index (κ1) is 13.6. The summed E-state index contributed by atoms with van der Waals surface area (Å²) in [6.07, 6.45) is 5.13. The van der Waals surface area contributed by atoms with Gasteiger partial charge in [0.05, 0.1) is 12.1 Å². The van der Waals surface area contributed by atoms with Gasteiger partial charge < -0.3 is 16.2 Å². The molecule has 0 spiro atoms. The second-order valence-corrected chi connectivity index (χ2v) is 3.68. The van der Waals surface area contributed by atoms with E-state index in [1.807, 2.05) is 0 Å². The molecule has 94 valence electrons. The monoisotopic (exact) mass is 244 g/mol. The molecule has 18 heavy (non-hydrogen) atoms. The fraction of sp³-hybridized carbons (Fsp3) is 0.0714. The molecule has 0 saturated carbocycles. The van der Waals surface area contributed by atoms with Crippen LogP contribution in [0.5, 0.6) is 5.75 Å². The van der Waals surface area contributed by atoms with E-state index in [0.29, 0.717) is 5.69 Å². The molecule has 0 radical (unpaired) electrons.